The molecule has 1 aromatic heterocycles. The lowest BCUT2D eigenvalue weighted by molar-refractivity contribution is -0.123. The lowest BCUT2D eigenvalue weighted by Gasteiger charge is -2.13. The van der Waals surface area contributed by atoms with E-state index in [1.54, 1.807) is 24.3 Å². The van der Waals surface area contributed by atoms with Gasteiger partial charge < -0.3 is 18.6 Å². The Morgan fingerprint density at radius 2 is 1.84 bits per heavy atom. The van der Waals surface area contributed by atoms with Gasteiger partial charge >= 0.3 is 5.97 Å². The van der Waals surface area contributed by atoms with Crippen LogP contribution in [0.3, 0.4) is 0 Å². The number of furan rings is 1. The van der Waals surface area contributed by atoms with Gasteiger partial charge in [0.15, 0.2) is 18.1 Å². The third kappa shape index (κ3) is 5.54. The Kier molecular flexibility index (Phi) is 7.28. The first-order valence-electron chi connectivity index (χ1n) is 9.84. The summed E-state index contributed by atoms with van der Waals surface area (Å²) in [6.45, 7) is 5.72. The number of hydrazone groups is 1. The van der Waals surface area contributed by atoms with Crippen LogP contribution in [0, 0.1) is 20.8 Å². The summed E-state index contributed by atoms with van der Waals surface area (Å²) in [6.07, 6.45) is 2.83. The molecule has 2 aromatic carbocycles. The number of esters is 1. The molecule has 0 aliphatic heterocycles. The minimum atomic E-state index is -0.638. The first-order valence-corrected chi connectivity index (χ1v) is 9.84. The summed E-state index contributed by atoms with van der Waals surface area (Å²) < 4.78 is 21.3. The molecule has 1 N–H and O–H groups in total. The van der Waals surface area contributed by atoms with Gasteiger partial charge in [-0.1, -0.05) is 12.1 Å². The van der Waals surface area contributed by atoms with Crippen LogP contribution in [0.4, 0.5) is 0 Å². The van der Waals surface area contributed by atoms with Gasteiger partial charge in [-0.25, -0.2) is 10.2 Å². The van der Waals surface area contributed by atoms with E-state index in [4.69, 9.17) is 18.6 Å². The van der Waals surface area contributed by atoms with Crippen LogP contribution in [0.25, 0.3) is 0 Å². The Labute approximate surface area is 185 Å². The third-order valence-corrected chi connectivity index (χ3v) is 4.74. The number of nitrogens with one attached hydrogen (secondary N) is 1. The zero-order valence-electron chi connectivity index (χ0n) is 18.3. The molecule has 0 fully saturated rings. The van der Waals surface area contributed by atoms with Gasteiger partial charge in [-0.3, -0.25) is 4.79 Å². The van der Waals surface area contributed by atoms with Gasteiger partial charge in [0.25, 0.3) is 5.91 Å². The highest BCUT2D eigenvalue weighted by Gasteiger charge is 2.15. The lowest BCUT2D eigenvalue weighted by atomic mass is 10.1. The summed E-state index contributed by atoms with van der Waals surface area (Å²) in [5.74, 6) is 0.312. The zero-order valence-corrected chi connectivity index (χ0v) is 18.3. The number of carbonyl (C=O) groups excluding carboxylic acids is 2. The maximum atomic E-state index is 12.1. The highest BCUT2D eigenvalue weighted by Crippen LogP contribution is 2.28. The first-order chi connectivity index (χ1) is 15.4. The molecule has 0 saturated carbocycles. The molecule has 8 nitrogen and oxygen atoms in total. The maximum Gasteiger partial charge on any atom is 0.379 e. The van der Waals surface area contributed by atoms with Gasteiger partial charge in [0.1, 0.15) is 5.75 Å². The van der Waals surface area contributed by atoms with Crippen molar-refractivity contribution in [3.63, 3.8) is 0 Å². The molecule has 0 bridgehead atoms. The number of ether oxygens (including phenoxy) is 3. The van der Waals surface area contributed by atoms with Gasteiger partial charge in [0.05, 0.1) is 19.6 Å². The number of amides is 1. The molecule has 0 aliphatic carbocycles. The second-order valence-electron chi connectivity index (χ2n) is 7.01. The molecule has 0 aliphatic rings. The molecule has 0 atom stereocenters. The quantitative estimate of drug-likeness (QED) is 0.248. The Balaban J connectivity index is 1.57. The van der Waals surface area contributed by atoms with E-state index in [-0.39, 0.29) is 18.1 Å². The molecule has 0 radical (unpaired) electrons. The van der Waals surface area contributed by atoms with Crippen molar-refractivity contribution in [3.05, 3.63) is 76.7 Å². The summed E-state index contributed by atoms with van der Waals surface area (Å²) in [6, 6.07) is 11.9. The van der Waals surface area contributed by atoms with Crippen molar-refractivity contribution in [2.45, 2.75) is 20.8 Å². The molecule has 32 heavy (non-hydrogen) atoms. The summed E-state index contributed by atoms with van der Waals surface area (Å²) in [4.78, 5) is 24.1. The summed E-state index contributed by atoms with van der Waals surface area (Å²) in [5.41, 5.74) is 6.11. The number of nitrogens with zero attached hydrogens (tertiary/aromatic N) is 1. The first kappa shape index (κ1) is 22.6. The normalized spacial score (nSPS) is 10.8. The number of methoxy groups -OCH3 is 1. The van der Waals surface area contributed by atoms with Crippen LogP contribution in [-0.2, 0) is 4.79 Å². The average molecular weight is 436 g/mol. The van der Waals surface area contributed by atoms with E-state index in [1.165, 1.54) is 25.7 Å². The van der Waals surface area contributed by atoms with Crippen LogP contribution in [0.2, 0.25) is 0 Å². The second-order valence-corrected chi connectivity index (χ2v) is 7.01. The van der Waals surface area contributed by atoms with Crippen LogP contribution >= 0.6 is 0 Å². The molecular weight excluding hydrogens is 412 g/mol. The summed E-state index contributed by atoms with van der Waals surface area (Å²) in [5, 5.41) is 3.94. The van der Waals surface area contributed by atoms with E-state index in [1.807, 2.05) is 32.9 Å². The van der Waals surface area contributed by atoms with Crippen molar-refractivity contribution in [3.8, 4) is 17.2 Å². The summed E-state index contributed by atoms with van der Waals surface area (Å²) >= 11 is 0. The topological polar surface area (TPSA) is 99.4 Å². The van der Waals surface area contributed by atoms with E-state index in [0.717, 1.165) is 16.7 Å². The summed E-state index contributed by atoms with van der Waals surface area (Å²) in [7, 11) is 1.45. The fourth-order valence-corrected chi connectivity index (χ4v) is 2.89. The largest absolute Gasteiger partial charge is 0.493 e. The van der Waals surface area contributed by atoms with Crippen LogP contribution in [0.15, 0.2) is 58.2 Å². The lowest BCUT2D eigenvalue weighted by Crippen LogP contribution is -2.25. The third-order valence-electron chi connectivity index (χ3n) is 4.74. The zero-order chi connectivity index (χ0) is 23.1. The number of hydrogen-bond donors (Lipinski definition) is 1. The monoisotopic (exact) mass is 436 g/mol. The number of aryl methyl sites for hydroxylation is 2. The Hall–Kier alpha value is -4.07. The van der Waals surface area contributed by atoms with E-state index < -0.39 is 11.9 Å². The molecule has 0 spiro atoms. The van der Waals surface area contributed by atoms with Gasteiger partial charge in [-0.05, 0) is 73.4 Å². The highest BCUT2D eigenvalue weighted by atomic mass is 16.6. The van der Waals surface area contributed by atoms with Crippen LogP contribution in [0.5, 0.6) is 17.2 Å². The molecule has 3 aromatic rings. The predicted molar refractivity (Wildman–Crippen MR) is 119 cm³/mol. The Morgan fingerprint density at radius 1 is 1.06 bits per heavy atom. The molecule has 0 unspecified atom stereocenters. The number of benzene rings is 2. The number of hydrogen-bond acceptors (Lipinski definition) is 7. The van der Waals surface area contributed by atoms with Gasteiger partial charge in [-0.2, -0.15) is 5.10 Å². The van der Waals surface area contributed by atoms with Crippen molar-refractivity contribution in [2.75, 3.05) is 13.7 Å². The smallest absolute Gasteiger partial charge is 0.379 e. The second kappa shape index (κ2) is 10.3. The number of carbonyl (C=O) groups is 2. The van der Waals surface area contributed by atoms with Gasteiger partial charge in [0, 0.05) is 0 Å². The predicted octanol–water partition coefficient (Wildman–Crippen LogP) is 3.96. The van der Waals surface area contributed by atoms with E-state index >= 15 is 0 Å². The Bertz CT molecular complexity index is 1140. The minimum absolute atomic E-state index is 0.0821. The van der Waals surface area contributed by atoms with Gasteiger partial charge in [0.2, 0.25) is 5.76 Å². The number of rotatable bonds is 8. The van der Waals surface area contributed by atoms with Crippen molar-refractivity contribution >= 4 is 18.1 Å². The van der Waals surface area contributed by atoms with E-state index in [0.29, 0.717) is 17.1 Å². The molecule has 3 rings (SSSR count). The Morgan fingerprint density at radius 3 is 2.56 bits per heavy atom. The molecule has 1 heterocycles. The van der Waals surface area contributed by atoms with E-state index in [9.17, 15) is 9.59 Å². The molecule has 166 valence electrons. The SMILES string of the molecule is COc1cc(/C=N\NC(=O)COc2c(C)ccc(C)c2C)ccc1OC(=O)c1ccco1. The molecular formula is C24H24N2O6. The van der Waals surface area contributed by atoms with Crippen LogP contribution < -0.4 is 19.6 Å². The standard InChI is InChI=1S/C24H24N2O6/c1-15-7-8-16(2)23(17(15)3)31-14-22(27)26-25-13-18-9-10-19(21(12-18)29-4)32-24(28)20-6-5-11-30-20/h5-13H,14H2,1-4H3,(H,26,27)/b25-13-. The molecule has 1 amide bonds. The van der Waals surface area contributed by atoms with Gasteiger partial charge in [-0.15, -0.1) is 0 Å². The van der Waals surface area contributed by atoms with E-state index in [2.05, 4.69) is 10.5 Å². The fourth-order valence-electron chi connectivity index (χ4n) is 2.89. The van der Waals surface area contributed by atoms with Crippen LogP contribution in [0.1, 0.15) is 32.8 Å². The maximum absolute atomic E-state index is 12.1. The van der Waals surface area contributed by atoms with Crippen molar-refractivity contribution in [1.29, 1.82) is 0 Å². The molecule has 0 saturated heterocycles. The highest BCUT2D eigenvalue weighted by molar-refractivity contribution is 5.89. The average Bonchev–Trinajstić information content (AvgIpc) is 3.32. The minimum Gasteiger partial charge on any atom is -0.493 e. The van der Waals surface area contributed by atoms with Crippen molar-refractivity contribution < 1.29 is 28.2 Å². The van der Waals surface area contributed by atoms with Crippen LogP contribution in [-0.4, -0.2) is 31.8 Å². The van der Waals surface area contributed by atoms with Crippen molar-refractivity contribution in [2.24, 2.45) is 5.10 Å². The molecule has 8 heteroatoms. The van der Waals surface area contributed by atoms with Crippen molar-refractivity contribution in [1.82, 2.24) is 5.43 Å². The fraction of sp³-hybridized carbons (Fsp3) is 0.208.